The van der Waals surface area contributed by atoms with Crippen LogP contribution in [-0.2, 0) is 4.79 Å². The predicted molar refractivity (Wildman–Crippen MR) is 113 cm³/mol. The molecule has 0 fully saturated rings. The van der Waals surface area contributed by atoms with Gasteiger partial charge in [0.25, 0.3) is 11.8 Å². The molecule has 0 radical (unpaired) electrons. The summed E-state index contributed by atoms with van der Waals surface area (Å²) >= 11 is 0. The highest BCUT2D eigenvalue weighted by molar-refractivity contribution is 6.01. The minimum atomic E-state index is -0.357. The molecule has 0 bridgehead atoms. The van der Waals surface area contributed by atoms with Crippen molar-refractivity contribution in [3.63, 3.8) is 0 Å². The Morgan fingerprint density at radius 3 is 2.31 bits per heavy atom. The van der Waals surface area contributed by atoms with Crippen LogP contribution < -0.4 is 5.43 Å². The van der Waals surface area contributed by atoms with Crippen molar-refractivity contribution in [3.05, 3.63) is 78.0 Å². The van der Waals surface area contributed by atoms with Gasteiger partial charge in [-0.05, 0) is 38.1 Å². The number of hydrogen-bond acceptors (Lipinski definition) is 3. The van der Waals surface area contributed by atoms with E-state index in [0.717, 1.165) is 16.5 Å². The molecule has 0 aliphatic heterocycles. The van der Waals surface area contributed by atoms with Gasteiger partial charge < -0.3 is 0 Å². The van der Waals surface area contributed by atoms with Crippen molar-refractivity contribution < 1.29 is 14.4 Å². The highest BCUT2D eigenvalue weighted by Crippen LogP contribution is 2.22. The highest BCUT2D eigenvalue weighted by atomic mass is 16.2. The van der Waals surface area contributed by atoms with Gasteiger partial charge in [0, 0.05) is 41.8 Å². The minimum Gasteiger partial charge on any atom is -0.287 e. The summed E-state index contributed by atoms with van der Waals surface area (Å²) in [7, 11) is 0. The van der Waals surface area contributed by atoms with Crippen molar-refractivity contribution >= 4 is 34.7 Å². The van der Waals surface area contributed by atoms with Gasteiger partial charge in [0.1, 0.15) is 0 Å². The smallest absolute Gasteiger partial charge is 0.269 e. The van der Waals surface area contributed by atoms with Gasteiger partial charge in [0.15, 0.2) is 0 Å². The summed E-state index contributed by atoms with van der Waals surface area (Å²) in [6, 6.07) is 16.0. The lowest BCUT2D eigenvalue weighted by molar-refractivity contribution is -0.130. The second-order valence-corrected chi connectivity index (χ2v) is 6.93. The number of hydrazine groups is 1. The molecule has 0 atom stereocenters. The van der Waals surface area contributed by atoms with Crippen LogP contribution in [0, 0.1) is 0 Å². The zero-order valence-corrected chi connectivity index (χ0v) is 16.6. The van der Waals surface area contributed by atoms with Crippen molar-refractivity contribution in [3.8, 4) is 0 Å². The Kier molecular flexibility index (Phi) is 5.93. The Labute approximate surface area is 169 Å². The molecule has 0 saturated carbocycles. The number of nitrogens with zero attached hydrogens (tertiary/aromatic N) is 2. The first-order valence-corrected chi connectivity index (χ1v) is 9.37. The van der Waals surface area contributed by atoms with E-state index in [2.05, 4.69) is 5.43 Å². The van der Waals surface area contributed by atoms with E-state index in [4.69, 9.17) is 0 Å². The van der Waals surface area contributed by atoms with Gasteiger partial charge in [-0.3, -0.25) is 24.4 Å². The van der Waals surface area contributed by atoms with E-state index in [1.807, 2.05) is 44.2 Å². The Morgan fingerprint density at radius 1 is 1.00 bits per heavy atom. The SMILES string of the molecule is CC(=O)n1cc(C=CC(=O)N(NC(=O)c2ccccc2)C(C)C)c2ccccc21. The summed E-state index contributed by atoms with van der Waals surface area (Å²) in [5.74, 6) is -0.815. The third-order valence-electron chi connectivity index (χ3n) is 4.50. The zero-order chi connectivity index (χ0) is 21.0. The molecule has 3 aromatic rings. The summed E-state index contributed by atoms with van der Waals surface area (Å²) < 4.78 is 1.55. The summed E-state index contributed by atoms with van der Waals surface area (Å²) in [5, 5.41) is 2.16. The summed E-state index contributed by atoms with van der Waals surface area (Å²) in [6.45, 7) is 5.13. The Morgan fingerprint density at radius 2 is 1.66 bits per heavy atom. The van der Waals surface area contributed by atoms with Gasteiger partial charge in [0.2, 0.25) is 5.91 Å². The number of fused-ring (bicyclic) bond motifs is 1. The van der Waals surface area contributed by atoms with E-state index < -0.39 is 0 Å². The molecule has 3 rings (SSSR count). The van der Waals surface area contributed by atoms with E-state index in [9.17, 15) is 14.4 Å². The maximum absolute atomic E-state index is 12.8. The number of hydrogen-bond donors (Lipinski definition) is 1. The number of benzene rings is 2. The standard InChI is InChI=1S/C23H23N3O3/c1-16(2)26(24-23(29)18-9-5-4-6-10-18)22(28)14-13-19-15-25(17(3)27)21-12-8-7-11-20(19)21/h4-16H,1-3H3,(H,24,29). The van der Waals surface area contributed by atoms with E-state index in [1.54, 1.807) is 41.1 Å². The van der Waals surface area contributed by atoms with Gasteiger partial charge in [-0.25, -0.2) is 5.01 Å². The average Bonchev–Trinajstić information content (AvgIpc) is 3.09. The Bertz CT molecular complexity index is 1080. The number of carbonyl (C=O) groups excluding carboxylic acids is 3. The Hall–Kier alpha value is -3.67. The Balaban J connectivity index is 1.83. The lowest BCUT2D eigenvalue weighted by Crippen LogP contribution is -2.49. The second kappa shape index (κ2) is 8.56. The molecule has 1 heterocycles. The molecule has 0 saturated heterocycles. The first kappa shape index (κ1) is 20.1. The molecule has 148 valence electrons. The number of para-hydroxylation sites is 1. The molecule has 0 unspecified atom stereocenters. The van der Waals surface area contributed by atoms with Crippen molar-refractivity contribution in [2.75, 3.05) is 0 Å². The van der Waals surface area contributed by atoms with Crippen LogP contribution in [0.25, 0.3) is 17.0 Å². The maximum Gasteiger partial charge on any atom is 0.269 e. The number of nitrogens with one attached hydrogen (secondary N) is 1. The molecule has 0 aliphatic rings. The summed E-state index contributed by atoms with van der Waals surface area (Å²) in [5.41, 5.74) is 4.67. The van der Waals surface area contributed by atoms with Crippen LogP contribution in [0.5, 0.6) is 0 Å². The fourth-order valence-electron chi connectivity index (χ4n) is 3.04. The minimum absolute atomic E-state index is 0.105. The van der Waals surface area contributed by atoms with Crippen LogP contribution in [0.4, 0.5) is 0 Å². The van der Waals surface area contributed by atoms with E-state index in [0.29, 0.717) is 5.56 Å². The highest BCUT2D eigenvalue weighted by Gasteiger charge is 2.18. The van der Waals surface area contributed by atoms with Crippen LogP contribution in [0.3, 0.4) is 0 Å². The molecule has 29 heavy (non-hydrogen) atoms. The van der Waals surface area contributed by atoms with Gasteiger partial charge in [-0.1, -0.05) is 36.4 Å². The number of amides is 2. The number of aromatic nitrogens is 1. The average molecular weight is 389 g/mol. The number of carbonyl (C=O) groups is 3. The first-order valence-electron chi connectivity index (χ1n) is 9.37. The van der Waals surface area contributed by atoms with Crippen LogP contribution in [0.15, 0.2) is 66.9 Å². The molecular weight excluding hydrogens is 366 g/mol. The van der Waals surface area contributed by atoms with Crippen LogP contribution in [-0.4, -0.2) is 33.3 Å². The third kappa shape index (κ3) is 4.43. The molecule has 2 aromatic carbocycles. The van der Waals surface area contributed by atoms with Crippen molar-refractivity contribution in [1.29, 1.82) is 0 Å². The largest absolute Gasteiger partial charge is 0.287 e. The fraction of sp³-hybridized carbons (Fsp3) is 0.174. The monoisotopic (exact) mass is 389 g/mol. The van der Waals surface area contributed by atoms with E-state index >= 15 is 0 Å². The lowest BCUT2D eigenvalue weighted by Gasteiger charge is -2.25. The van der Waals surface area contributed by atoms with Crippen molar-refractivity contribution in [2.24, 2.45) is 0 Å². The molecule has 1 aromatic heterocycles. The topological polar surface area (TPSA) is 71.4 Å². The molecule has 6 nitrogen and oxygen atoms in total. The zero-order valence-electron chi connectivity index (χ0n) is 16.6. The van der Waals surface area contributed by atoms with Crippen LogP contribution in [0.2, 0.25) is 0 Å². The van der Waals surface area contributed by atoms with Gasteiger partial charge in [-0.15, -0.1) is 0 Å². The molecule has 1 N–H and O–H groups in total. The predicted octanol–water partition coefficient (Wildman–Crippen LogP) is 3.90. The normalized spacial score (nSPS) is 11.2. The van der Waals surface area contributed by atoms with Gasteiger partial charge >= 0.3 is 0 Å². The lowest BCUT2D eigenvalue weighted by atomic mass is 10.1. The second-order valence-electron chi connectivity index (χ2n) is 6.93. The van der Waals surface area contributed by atoms with Crippen molar-refractivity contribution in [1.82, 2.24) is 15.0 Å². The third-order valence-corrected chi connectivity index (χ3v) is 4.50. The maximum atomic E-state index is 12.8. The van der Waals surface area contributed by atoms with Crippen molar-refractivity contribution in [2.45, 2.75) is 26.8 Å². The van der Waals surface area contributed by atoms with E-state index in [-0.39, 0.29) is 23.8 Å². The van der Waals surface area contributed by atoms with Crippen LogP contribution >= 0.6 is 0 Å². The van der Waals surface area contributed by atoms with E-state index in [1.165, 1.54) is 18.0 Å². The first-order chi connectivity index (χ1) is 13.9. The quantitative estimate of drug-likeness (QED) is 0.543. The summed E-state index contributed by atoms with van der Waals surface area (Å²) in [6.07, 6.45) is 4.77. The summed E-state index contributed by atoms with van der Waals surface area (Å²) in [4.78, 5) is 37.1. The van der Waals surface area contributed by atoms with Gasteiger partial charge in [-0.2, -0.15) is 0 Å². The number of rotatable bonds is 4. The molecule has 0 spiro atoms. The molecule has 2 amide bonds. The van der Waals surface area contributed by atoms with Gasteiger partial charge in [0.05, 0.1) is 5.52 Å². The molecular formula is C23H23N3O3. The molecule has 0 aliphatic carbocycles. The molecule has 6 heteroatoms. The van der Waals surface area contributed by atoms with Crippen LogP contribution in [0.1, 0.15) is 41.5 Å². The fourth-order valence-corrected chi connectivity index (χ4v) is 3.04.